The Morgan fingerprint density at radius 1 is 1.35 bits per heavy atom. The molecule has 1 rings (SSSR count). The van der Waals surface area contributed by atoms with Gasteiger partial charge in [-0.2, -0.15) is 0 Å². The van der Waals surface area contributed by atoms with Gasteiger partial charge in [0.1, 0.15) is 0 Å². The highest BCUT2D eigenvalue weighted by atomic mass is 16.5. The van der Waals surface area contributed by atoms with Crippen molar-refractivity contribution in [2.24, 2.45) is 0 Å². The SMILES string of the molecule is CCCOCC(CCc1ccccn1)NCC. The molecule has 0 saturated heterocycles. The van der Waals surface area contributed by atoms with Gasteiger partial charge in [-0.3, -0.25) is 4.98 Å². The van der Waals surface area contributed by atoms with Crippen molar-refractivity contribution in [3.63, 3.8) is 0 Å². The van der Waals surface area contributed by atoms with Crippen molar-refractivity contribution in [1.29, 1.82) is 0 Å². The lowest BCUT2D eigenvalue weighted by Gasteiger charge is -2.17. The standard InChI is InChI=1S/C14H24N2O/c1-3-11-17-12-14(15-4-2)9-8-13-7-5-6-10-16-13/h5-7,10,14-15H,3-4,8-9,11-12H2,1-2H3. The summed E-state index contributed by atoms with van der Waals surface area (Å²) in [7, 11) is 0. The molecule has 0 spiro atoms. The van der Waals surface area contributed by atoms with Crippen molar-refractivity contribution in [3.8, 4) is 0 Å². The number of ether oxygens (including phenoxy) is 1. The predicted molar refractivity (Wildman–Crippen MR) is 71.1 cm³/mol. The Morgan fingerprint density at radius 3 is 2.88 bits per heavy atom. The van der Waals surface area contributed by atoms with E-state index in [0.29, 0.717) is 6.04 Å². The Morgan fingerprint density at radius 2 is 2.24 bits per heavy atom. The topological polar surface area (TPSA) is 34.1 Å². The molecular formula is C14H24N2O. The molecule has 17 heavy (non-hydrogen) atoms. The molecule has 0 amide bonds. The van der Waals surface area contributed by atoms with Crippen LogP contribution in [0.15, 0.2) is 24.4 Å². The van der Waals surface area contributed by atoms with E-state index < -0.39 is 0 Å². The van der Waals surface area contributed by atoms with Gasteiger partial charge in [-0.1, -0.05) is 19.9 Å². The van der Waals surface area contributed by atoms with Crippen molar-refractivity contribution in [3.05, 3.63) is 30.1 Å². The van der Waals surface area contributed by atoms with Crippen molar-refractivity contribution in [2.75, 3.05) is 19.8 Å². The zero-order valence-electron chi connectivity index (χ0n) is 11.0. The number of nitrogens with zero attached hydrogens (tertiary/aromatic N) is 1. The van der Waals surface area contributed by atoms with Gasteiger partial charge < -0.3 is 10.1 Å². The van der Waals surface area contributed by atoms with Crippen LogP contribution in [0.2, 0.25) is 0 Å². The Balaban J connectivity index is 2.28. The van der Waals surface area contributed by atoms with E-state index in [1.807, 2.05) is 18.3 Å². The molecule has 0 saturated carbocycles. The number of hydrogen-bond acceptors (Lipinski definition) is 3. The lowest BCUT2D eigenvalue weighted by molar-refractivity contribution is 0.110. The minimum Gasteiger partial charge on any atom is -0.380 e. The molecule has 0 aliphatic carbocycles. The smallest absolute Gasteiger partial charge is 0.0619 e. The molecule has 0 radical (unpaired) electrons. The number of aromatic nitrogens is 1. The molecule has 0 aromatic carbocycles. The number of pyridine rings is 1. The molecule has 0 aliphatic rings. The largest absolute Gasteiger partial charge is 0.380 e. The highest BCUT2D eigenvalue weighted by Crippen LogP contribution is 2.03. The Kier molecular flexibility index (Phi) is 7.60. The molecule has 96 valence electrons. The highest BCUT2D eigenvalue weighted by Gasteiger charge is 2.07. The van der Waals surface area contributed by atoms with Crippen LogP contribution in [-0.2, 0) is 11.2 Å². The second-order valence-electron chi connectivity index (χ2n) is 4.19. The van der Waals surface area contributed by atoms with E-state index in [2.05, 4.69) is 30.2 Å². The minimum absolute atomic E-state index is 0.438. The first-order valence-electron chi connectivity index (χ1n) is 6.57. The van der Waals surface area contributed by atoms with Crippen LogP contribution in [0.5, 0.6) is 0 Å². The molecule has 0 fully saturated rings. The van der Waals surface area contributed by atoms with E-state index in [-0.39, 0.29) is 0 Å². The number of likely N-dealkylation sites (N-methyl/N-ethyl adjacent to an activating group) is 1. The predicted octanol–water partition coefficient (Wildman–Crippen LogP) is 2.42. The third kappa shape index (κ3) is 6.39. The summed E-state index contributed by atoms with van der Waals surface area (Å²) in [5.41, 5.74) is 1.16. The molecular weight excluding hydrogens is 212 g/mol. The Bertz CT molecular complexity index is 277. The van der Waals surface area contributed by atoms with Gasteiger partial charge in [-0.25, -0.2) is 0 Å². The van der Waals surface area contributed by atoms with Crippen molar-refractivity contribution in [2.45, 2.75) is 39.2 Å². The van der Waals surface area contributed by atoms with Gasteiger partial charge in [0.05, 0.1) is 6.61 Å². The fourth-order valence-corrected chi connectivity index (χ4v) is 1.77. The van der Waals surface area contributed by atoms with Crippen LogP contribution in [0, 0.1) is 0 Å². The van der Waals surface area contributed by atoms with Crippen LogP contribution >= 0.6 is 0 Å². The second-order valence-corrected chi connectivity index (χ2v) is 4.19. The average molecular weight is 236 g/mol. The minimum atomic E-state index is 0.438. The first-order valence-corrected chi connectivity index (χ1v) is 6.57. The number of rotatable bonds is 9. The first-order chi connectivity index (χ1) is 8.36. The fraction of sp³-hybridized carbons (Fsp3) is 0.643. The molecule has 3 heteroatoms. The average Bonchev–Trinajstić information content (AvgIpc) is 2.37. The van der Waals surface area contributed by atoms with Gasteiger partial charge in [-0.05, 0) is 37.9 Å². The number of nitrogens with one attached hydrogen (secondary N) is 1. The zero-order chi connectivity index (χ0) is 12.3. The Labute approximate surface area is 105 Å². The summed E-state index contributed by atoms with van der Waals surface area (Å²) in [6, 6.07) is 6.51. The normalized spacial score (nSPS) is 12.6. The lowest BCUT2D eigenvalue weighted by Crippen LogP contribution is -2.34. The molecule has 1 aromatic heterocycles. The fourth-order valence-electron chi connectivity index (χ4n) is 1.77. The van der Waals surface area contributed by atoms with E-state index in [1.165, 1.54) is 0 Å². The maximum atomic E-state index is 5.60. The molecule has 3 nitrogen and oxygen atoms in total. The summed E-state index contributed by atoms with van der Waals surface area (Å²) in [5.74, 6) is 0. The maximum Gasteiger partial charge on any atom is 0.0619 e. The summed E-state index contributed by atoms with van der Waals surface area (Å²) in [6.07, 6.45) is 5.02. The zero-order valence-corrected chi connectivity index (χ0v) is 11.0. The second kappa shape index (κ2) is 9.14. The van der Waals surface area contributed by atoms with Crippen LogP contribution in [-0.4, -0.2) is 30.8 Å². The summed E-state index contributed by atoms with van der Waals surface area (Å²) in [4.78, 5) is 4.34. The summed E-state index contributed by atoms with van der Waals surface area (Å²) in [6.45, 7) is 6.91. The van der Waals surface area contributed by atoms with Gasteiger partial charge in [0.15, 0.2) is 0 Å². The Hall–Kier alpha value is -0.930. The maximum absolute atomic E-state index is 5.60. The molecule has 1 unspecified atom stereocenters. The molecule has 1 N–H and O–H groups in total. The van der Waals surface area contributed by atoms with Crippen molar-refractivity contribution >= 4 is 0 Å². The van der Waals surface area contributed by atoms with E-state index in [9.17, 15) is 0 Å². The van der Waals surface area contributed by atoms with Crippen LogP contribution in [0.1, 0.15) is 32.4 Å². The summed E-state index contributed by atoms with van der Waals surface area (Å²) >= 11 is 0. The van der Waals surface area contributed by atoms with Gasteiger partial charge in [0, 0.05) is 24.5 Å². The summed E-state index contributed by atoms with van der Waals surface area (Å²) in [5, 5.41) is 3.46. The van der Waals surface area contributed by atoms with E-state index in [1.54, 1.807) is 0 Å². The van der Waals surface area contributed by atoms with E-state index >= 15 is 0 Å². The molecule has 1 atom stereocenters. The van der Waals surface area contributed by atoms with Crippen LogP contribution in [0.3, 0.4) is 0 Å². The lowest BCUT2D eigenvalue weighted by atomic mass is 10.1. The first kappa shape index (κ1) is 14.1. The van der Waals surface area contributed by atoms with E-state index in [0.717, 1.165) is 44.7 Å². The molecule has 1 aromatic rings. The summed E-state index contributed by atoms with van der Waals surface area (Å²) < 4.78 is 5.60. The third-order valence-electron chi connectivity index (χ3n) is 2.64. The molecule has 1 heterocycles. The van der Waals surface area contributed by atoms with Crippen LogP contribution in [0.25, 0.3) is 0 Å². The van der Waals surface area contributed by atoms with Gasteiger partial charge >= 0.3 is 0 Å². The van der Waals surface area contributed by atoms with Gasteiger partial charge in [0.2, 0.25) is 0 Å². The molecule has 0 aliphatic heterocycles. The highest BCUT2D eigenvalue weighted by molar-refractivity contribution is 5.03. The third-order valence-corrected chi connectivity index (χ3v) is 2.64. The van der Waals surface area contributed by atoms with Gasteiger partial charge in [-0.15, -0.1) is 0 Å². The van der Waals surface area contributed by atoms with Gasteiger partial charge in [0.25, 0.3) is 0 Å². The van der Waals surface area contributed by atoms with Crippen molar-refractivity contribution < 1.29 is 4.74 Å². The van der Waals surface area contributed by atoms with E-state index in [4.69, 9.17) is 4.74 Å². The van der Waals surface area contributed by atoms with Crippen molar-refractivity contribution in [1.82, 2.24) is 10.3 Å². The van der Waals surface area contributed by atoms with Crippen LogP contribution in [0.4, 0.5) is 0 Å². The quantitative estimate of drug-likeness (QED) is 0.669. The van der Waals surface area contributed by atoms with Crippen LogP contribution < -0.4 is 5.32 Å². The number of aryl methyl sites for hydroxylation is 1. The molecule has 0 bridgehead atoms. The number of hydrogen-bond donors (Lipinski definition) is 1. The monoisotopic (exact) mass is 236 g/mol.